The highest BCUT2D eigenvalue weighted by Crippen LogP contribution is 2.53. The van der Waals surface area contributed by atoms with Crippen molar-refractivity contribution in [2.45, 2.75) is 49.6 Å². The highest BCUT2D eigenvalue weighted by atomic mass is 79.9. The summed E-state index contributed by atoms with van der Waals surface area (Å²) >= 11 is 3.37. The van der Waals surface area contributed by atoms with Crippen molar-refractivity contribution >= 4 is 27.3 Å². The molecule has 206 valence electrons. The number of benzene rings is 2. The summed E-state index contributed by atoms with van der Waals surface area (Å²) in [5, 5.41) is 8.82. The van der Waals surface area contributed by atoms with Crippen molar-refractivity contribution in [3.05, 3.63) is 48.5 Å². The lowest BCUT2D eigenvalue weighted by Crippen LogP contribution is -2.62. The van der Waals surface area contributed by atoms with Gasteiger partial charge in [0.25, 0.3) is 0 Å². The second-order valence-corrected chi connectivity index (χ2v) is 8.57. The first-order valence-electron chi connectivity index (χ1n) is 10.8. The van der Waals surface area contributed by atoms with Crippen molar-refractivity contribution in [1.82, 2.24) is 0 Å². The number of ether oxygens (including phenoxy) is 2. The van der Waals surface area contributed by atoms with E-state index in [4.69, 9.17) is 4.74 Å². The van der Waals surface area contributed by atoms with Gasteiger partial charge in [-0.3, -0.25) is 0 Å². The van der Waals surface area contributed by atoms with E-state index >= 15 is 0 Å². The number of nitrogens with zero attached hydrogens (tertiary/aromatic N) is 2. The topological polar surface area (TPSA) is 43.2 Å². The Hall–Kier alpha value is -2.51. The van der Waals surface area contributed by atoms with Crippen LogP contribution < -0.4 is 9.47 Å². The van der Waals surface area contributed by atoms with Crippen LogP contribution in [0.4, 0.5) is 50.9 Å². The van der Waals surface area contributed by atoms with Crippen LogP contribution in [0.5, 0.6) is 11.5 Å². The predicted molar refractivity (Wildman–Crippen MR) is 121 cm³/mol. The maximum absolute atomic E-state index is 13.6. The Kier molecular flexibility index (Phi) is 10.7. The van der Waals surface area contributed by atoms with Gasteiger partial charge in [0.05, 0.1) is 18.0 Å². The standard InChI is InChI=1S/C23H22BrF9N2O2/c24-13-3-1-2-4-14-36-18-9-5-16(6-10-18)34-35-17-7-11-19(12-8-17)37-15-20(25,26)21(27,28)22(29,30)23(31,32)33/h5-12H,1-4,13-15H2. The van der Waals surface area contributed by atoms with Crippen molar-refractivity contribution in [3.63, 3.8) is 0 Å². The van der Waals surface area contributed by atoms with Crippen LogP contribution in [0.2, 0.25) is 0 Å². The Labute approximate surface area is 215 Å². The van der Waals surface area contributed by atoms with E-state index < -0.39 is 36.3 Å². The van der Waals surface area contributed by atoms with E-state index in [1.165, 1.54) is 12.1 Å². The van der Waals surface area contributed by atoms with Crippen molar-refractivity contribution < 1.29 is 49.0 Å². The smallest absolute Gasteiger partial charge is 0.460 e. The van der Waals surface area contributed by atoms with Crippen molar-refractivity contribution in [1.29, 1.82) is 0 Å². The summed E-state index contributed by atoms with van der Waals surface area (Å²) < 4.78 is 126. The van der Waals surface area contributed by atoms with Gasteiger partial charge in [-0.15, -0.1) is 0 Å². The largest absolute Gasteiger partial charge is 0.494 e. The minimum absolute atomic E-state index is 0.192. The van der Waals surface area contributed by atoms with Crippen molar-refractivity contribution in [3.8, 4) is 11.5 Å². The van der Waals surface area contributed by atoms with Gasteiger partial charge in [-0.25, -0.2) is 0 Å². The molecule has 14 heteroatoms. The van der Waals surface area contributed by atoms with Gasteiger partial charge in [0.1, 0.15) is 11.5 Å². The van der Waals surface area contributed by atoms with Gasteiger partial charge >= 0.3 is 23.9 Å². The number of unbranched alkanes of at least 4 members (excludes halogenated alkanes) is 3. The Morgan fingerprint density at radius 1 is 0.595 bits per heavy atom. The van der Waals surface area contributed by atoms with Gasteiger partial charge in [-0.2, -0.15) is 49.7 Å². The van der Waals surface area contributed by atoms with Crippen LogP contribution in [0.3, 0.4) is 0 Å². The molecule has 2 rings (SSSR count). The predicted octanol–water partition coefficient (Wildman–Crippen LogP) is 9.28. The third-order valence-electron chi connectivity index (χ3n) is 4.88. The quantitative estimate of drug-likeness (QED) is 0.0928. The number of hydrogen-bond donors (Lipinski definition) is 0. The number of rotatable bonds is 14. The van der Waals surface area contributed by atoms with Crippen molar-refractivity contribution in [2.75, 3.05) is 18.5 Å². The lowest BCUT2D eigenvalue weighted by atomic mass is 10.0. The summed E-state index contributed by atoms with van der Waals surface area (Å²) in [5.41, 5.74) is 0.648. The van der Waals surface area contributed by atoms with E-state index in [-0.39, 0.29) is 5.69 Å². The molecular weight excluding hydrogens is 587 g/mol. The second kappa shape index (κ2) is 12.8. The molecule has 0 spiro atoms. The molecule has 0 N–H and O–H groups in total. The molecule has 2 aromatic rings. The monoisotopic (exact) mass is 608 g/mol. The van der Waals surface area contributed by atoms with Gasteiger partial charge in [0.15, 0.2) is 6.61 Å². The highest BCUT2D eigenvalue weighted by molar-refractivity contribution is 9.09. The van der Waals surface area contributed by atoms with E-state index in [0.717, 1.165) is 43.1 Å². The lowest BCUT2D eigenvalue weighted by Gasteiger charge is -2.33. The third-order valence-corrected chi connectivity index (χ3v) is 5.44. The first-order chi connectivity index (χ1) is 17.2. The molecular formula is C23H22BrF9N2O2. The Morgan fingerprint density at radius 2 is 1.05 bits per heavy atom. The van der Waals surface area contributed by atoms with Crippen LogP contribution in [-0.2, 0) is 0 Å². The van der Waals surface area contributed by atoms with Crippen LogP contribution in [0.1, 0.15) is 25.7 Å². The molecule has 0 radical (unpaired) electrons. The van der Waals surface area contributed by atoms with Crippen LogP contribution in [0.15, 0.2) is 58.8 Å². The van der Waals surface area contributed by atoms with E-state index in [2.05, 4.69) is 30.9 Å². The fraction of sp³-hybridized carbons (Fsp3) is 0.478. The average Bonchev–Trinajstić information content (AvgIpc) is 2.84. The zero-order valence-corrected chi connectivity index (χ0v) is 20.6. The fourth-order valence-corrected chi connectivity index (χ4v) is 3.14. The van der Waals surface area contributed by atoms with E-state index in [1.807, 2.05) is 0 Å². The van der Waals surface area contributed by atoms with Gasteiger partial charge in [-0.05, 0) is 61.4 Å². The summed E-state index contributed by atoms with van der Waals surface area (Å²) in [4.78, 5) is 0. The zero-order chi connectivity index (χ0) is 27.7. The summed E-state index contributed by atoms with van der Waals surface area (Å²) in [7, 11) is 0. The second-order valence-electron chi connectivity index (χ2n) is 7.78. The van der Waals surface area contributed by atoms with Crippen LogP contribution in [0.25, 0.3) is 0 Å². The molecule has 0 unspecified atom stereocenters. The Bertz CT molecular complexity index is 999. The van der Waals surface area contributed by atoms with Gasteiger partial charge in [0.2, 0.25) is 0 Å². The molecule has 0 bridgehead atoms. The first-order valence-corrected chi connectivity index (χ1v) is 12.0. The minimum atomic E-state index is -6.96. The molecule has 0 amide bonds. The number of azo groups is 1. The fourth-order valence-electron chi connectivity index (χ4n) is 2.75. The van der Waals surface area contributed by atoms with Crippen LogP contribution in [-0.4, -0.2) is 42.5 Å². The van der Waals surface area contributed by atoms with E-state index in [9.17, 15) is 39.5 Å². The van der Waals surface area contributed by atoms with Gasteiger partial charge in [0, 0.05) is 5.33 Å². The van der Waals surface area contributed by atoms with Gasteiger partial charge in [-0.1, -0.05) is 28.8 Å². The molecule has 0 aliphatic carbocycles. The molecule has 0 aromatic heterocycles. The van der Waals surface area contributed by atoms with Gasteiger partial charge < -0.3 is 9.47 Å². The third kappa shape index (κ3) is 8.24. The molecule has 2 aromatic carbocycles. The van der Waals surface area contributed by atoms with E-state index in [0.29, 0.717) is 18.0 Å². The summed E-state index contributed by atoms with van der Waals surface area (Å²) in [6.07, 6.45) is -2.67. The number of alkyl halides is 10. The SMILES string of the molecule is FC(F)(F)C(F)(F)C(F)(F)C(F)(F)COc1ccc(N=Nc2ccc(OCCCCCCBr)cc2)cc1. The molecule has 0 aliphatic heterocycles. The molecule has 0 aliphatic rings. The summed E-state index contributed by atoms with van der Waals surface area (Å²) in [5.74, 6) is -19.4. The van der Waals surface area contributed by atoms with E-state index in [1.54, 1.807) is 24.3 Å². The molecule has 0 saturated carbocycles. The minimum Gasteiger partial charge on any atom is -0.494 e. The average molecular weight is 609 g/mol. The molecule has 0 fully saturated rings. The lowest BCUT2D eigenvalue weighted by molar-refractivity contribution is -0.398. The zero-order valence-electron chi connectivity index (χ0n) is 19.1. The Balaban J connectivity index is 1.90. The molecule has 37 heavy (non-hydrogen) atoms. The Morgan fingerprint density at radius 3 is 1.51 bits per heavy atom. The summed E-state index contributed by atoms with van der Waals surface area (Å²) in [6, 6.07) is 11.0. The maximum atomic E-state index is 13.6. The molecule has 0 heterocycles. The summed E-state index contributed by atoms with van der Waals surface area (Å²) in [6.45, 7) is -1.84. The molecule has 0 saturated heterocycles. The first kappa shape index (κ1) is 30.7. The normalized spacial score (nSPS) is 13.2. The molecule has 0 atom stereocenters. The highest BCUT2D eigenvalue weighted by Gasteiger charge is 2.81. The molecule has 4 nitrogen and oxygen atoms in total. The number of halogens is 10. The van der Waals surface area contributed by atoms with Crippen molar-refractivity contribution in [2.24, 2.45) is 10.2 Å². The maximum Gasteiger partial charge on any atom is 0.460 e. The number of hydrogen-bond acceptors (Lipinski definition) is 4. The van der Waals surface area contributed by atoms with Crippen LogP contribution >= 0.6 is 15.9 Å². The van der Waals surface area contributed by atoms with Crippen LogP contribution in [0, 0.1) is 0 Å².